The maximum Gasteiger partial charge on any atom is 0.266 e. The van der Waals surface area contributed by atoms with Gasteiger partial charge in [0.25, 0.3) is 10.1 Å². The van der Waals surface area contributed by atoms with Crippen molar-refractivity contribution in [3.05, 3.63) is 0 Å². The Kier molecular flexibility index (Phi) is 17.4. The average Bonchev–Trinajstić information content (AvgIpc) is 2.81. The Morgan fingerprint density at radius 3 is 1.15 bits per heavy atom. The molecule has 198 valence electrons. The first-order valence-electron chi connectivity index (χ1n) is 12.0. The Labute approximate surface area is 199 Å². The van der Waals surface area contributed by atoms with Crippen molar-refractivity contribution in [1.82, 2.24) is 30.2 Å². The third-order valence-electron chi connectivity index (χ3n) is 5.80. The Morgan fingerprint density at radius 2 is 0.848 bits per heavy atom. The van der Waals surface area contributed by atoms with E-state index in [2.05, 4.69) is 25.3 Å². The molecule has 13 heteroatoms. The zero-order chi connectivity index (χ0) is 24.4. The lowest BCUT2D eigenvalue weighted by molar-refractivity contribution is 0.116. The topological polar surface area (TPSA) is 152 Å². The average molecular weight is 499 g/mol. The Balaban J connectivity index is 0.000000261. The minimum atomic E-state index is -3.84. The molecule has 3 heterocycles. The summed E-state index contributed by atoms with van der Waals surface area (Å²) in [5.41, 5.74) is 0. The molecule has 0 radical (unpaired) electrons. The second-order valence-corrected chi connectivity index (χ2v) is 9.90. The number of nitrogens with one attached hydrogen (secondary N) is 2. The van der Waals surface area contributed by atoms with Crippen LogP contribution in [0.3, 0.4) is 0 Å². The van der Waals surface area contributed by atoms with Crippen molar-refractivity contribution in [3.63, 3.8) is 0 Å². The normalized spacial score (nSPS) is 21.6. The van der Waals surface area contributed by atoms with Gasteiger partial charge in [-0.1, -0.05) is 0 Å². The summed E-state index contributed by atoms with van der Waals surface area (Å²) < 4.78 is 29.6. The van der Waals surface area contributed by atoms with Crippen LogP contribution in [-0.2, 0) is 10.1 Å². The predicted molar refractivity (Wildman–Crippen MR) is 129 cm³/mol. The van der Waals surface area contributed by atoms with Crippen molar-refractivity contribution in [2.75, 3.05) is 130 Å². The maximum atomic E-state index is 10.5. The van der Waals surface area contributed by atoms with Crippen LogP contribution in [0.2, 0.25) is 0 Å². The molecule has 0 amide bonds. The molecule has 0 aliphatic carbocycles. The van der Waals surface area contributed by atoms with Crippen LogP contribution >= 0.6 is 0 Å². The predicted octanol–water partition coefficient (Wildman–Crippen LogP) is -3.75. The monoisotopic (exact) mass is 498 g/mol. The molecule has 0 aromatic rings. The van der Waals surface area contributed by atoms with Crippen LogP contribution in [0.5, 0.6) is 0 Å². The smallest absolute Gasteiger partial charge is 0.266 e. The Morgan fingerprint density at radius 1 is 0.545 bits per heavy atom. The molecule has 0 unspecified atom stereocenters. The highest BCUT2D eigenvalue weighted by molar-refractivity contribution is 7.85. The van der Waals surface area contributed by atoms with Gasteiger partial charge in [0.2, 0.25) is 0 Å². The van der Waals surface area contributed by atoms with E-state index in [1.54, 1.807) is 0 Å². The molecule has 0 aromatic heterocycles. The molecule has 0 aromatic carbocycles. The highest BCUT2D eigenvalue weighted by Crippen LogP contribution is 2.01. The fourth-order valence-electron chi connectivity index (χ4n) is 3.77. The number of hydrogen-bond donors (Lipinski definition) is 6. The van der Waals surface area contributed by atoms with Gasteiger partial charge in [-0.25, -0.2) is 0 Å². The lowest BCUT2D eigenvalue weighted by Gasteiger charge is -2.33. The molecule has 3 aliphatic heterocycles. The first-order valence-corrected chi connectivity index (χ1v) is 13.6. The van der Waals surface area contributed by atoms with E-state index < -0.39 is 10.1 Å². The second kappa shape index (κ2) is 18.8. The molecule has 0 saturated carbocycles. The molecule has 33 heavy (non-hydrogen) atoms. The van der Waals surface area contributed by atoms with E-state index in [4.69, 9.17) is 19.9 Å². The van der Waals surface area contributed by atoms with E-state index in [-0.39, 0.29) is 12.4 Å². The summed E-state index contributed by atoms with van der Waals surface area (Å²) >= 11 is 0. The van der Waals surface area contributed by atoms with Crippen molar-refractivity contribution in [2.24, 2.45) is 0 Å². The second-order valence-electron chi connectivity index (χ2n) is 8.32. The van der Waals surface area contributed by atoms with E-state index in [1.165, 1.54) is 0 Å². The first-order chi connectivity index (χ1) is 15.9. The molecule has 3 fully saturated rings. The Bertz CT molecular complexity index is 528. The molecule has 12 nitrogen and oxygen atoms in total. The molecule has 3 saturated heterocycles. The van der Waals surface area contributed by atoms with Crippen LogP contribution in [-0.4, -0.2) is 178 Å². The van der Waals surface area contributed by atoms with Gasteiger partial charge in [0.1, 0.15) is 0 Å². The van der Waals surface area contributed by atoms with Gasteiger partial charge in [-0.05, 0) is 0 Å². The summed E-state index contributed by atoms with van der Waals surface area (Å²) in [5.74, 6) is -0.201. The van der Waals surface area contributed by atoms with Crippen molar-refractivity contribution >= 4 is 10.1 Å². The quantitative estimate of drug-likeness (QED) is 0.173. The number of rotatable bonds is 9. The lowest BCUT2D eigenvalue weighted by Crippen LogP contribution is -2.48. The molecule has 3 rings (SSSR count). The number of aliphatic hydroxyl groups is 3. The Hall–Kier alpha value is -0.450. The van der Waals surface area contributed by atoms with Gasteiger partial charge in [-0.15, -0.1) is 0 Å². The third-order valence-corrected chi connectivity index (χ3v) is 6.50. The third kappa shape index (κ3) is 16.8. The van der Waals surface area contributed by atoms with Gasteiger partial charge in [-0.2, -0.15) is 8.42 Å². The molecule has 6 N–H and O–H groups in total. The van der Waals surface area contributed by atoms with Crippen LogP contribution in [0.15, 0.2) is 0 Å². The van der Waals surface area contributed by atoms with Crippen molar-refractivity contribution in [1.29, 1.82) is 0 Å². The van der Waals surface area contributed by atoms with Crippen LogP contribution < -0.4 is 10.6 Å². The van der Waals surface area contributed by atoms with E-state index in [1.807, 2.05) is 4.90 Å². The molecular weight excluding hydrogens is 452 g/mol. The van der Waals surface area contributed by atoms with E-state index in [9.17, 15) is 8.42 Å². The SMILES string of the molecule is O=S(=O)(O)CCN1CCN(CCO)CC1.OCCN1CCNCC1.OCCN1CCNCC1. The van der Waals surface area contributed by atoms with Gasteiger partial charge in [-0.3, -0.25) is 24.2 Å². The molecule has 0 bridgehead atoms. The molecule has 3 aliphatic rings. The van der Waals surface area contributed by atoms with Gasteiger partial charge >= 0.3 is 0 Å². The largest absolute Gasteiger partial charge is 0.395 e. The van der Waals surface area contributed by atoms with Gasteiger partial charge in [0, 0.05) is 105 Å². The minimum absolute atomic E-state index is 0.158. The fraction of sp³-hybridized carbons (Fsp3) is 1.00. The molecule has 0 atom stereocenters. The molecular formula is C20H46N6O6S. The van der Waals surface area contributed by atoms with Crippen molar-refractivity contribution < 1.29 is 28.3 Å². The van der Waals surface area contributed by atoms with Gasteiger partial charge in [0.15, 0.2) is 0 Å². The van der Waals surface area contributed by atoms with Gasteiger partial charge in [0.05, 0.1) is 25.6 Å². The summed E-state index contributed by atoms with van der Waals surface area (Å²) in [6, 6.07) is 0. The number of hydrogen-bond acceptors (Lipinski definition) is 11. The maximum absolute atomic E-state index is 10.5. The van der Waals surface area contributed by atoms with E-state index in [0.717, 1.165) is 91.6 Å². The summed E-state index contributed by atoms with van der Waals surface area (Å²) in [7, 11) is -3.84. The minimum Gasteiger partial charge on any atom is -0.395 e. The van der Waals surface area contributed by atoms with Crippen molar-refractivity contribution in [3.8, 4) is 0 Å². The number of piperazine rings is 3. The number of nitrogens with zero attached hydrogens (tertiary/aromatic N) is 4. The number of β-amino-alcohol motifs (C(OH)–C–C–N with tert-alkyl or cyclic N) is 3. The van der Waals surface area contributed by atoms with Crippen LogP contribution in [0.4, 0.5) is 0 Å². The summed E-state index contributed by atoms with van der Waals surface area (Å²) in [4.78, 5) is 8.65. The first kappa shape index (κ1) is 30.6. The van der Waals surface area contributed by atoms with Gasteiger partial charge < -0.3 is 26.0 Å². The molecule has 0 spiro atoms. The summed E-state index contributed by atoms with van der Waals surface area (Å²) in [6.45, 7) is 15.3. The number of aliphatic hydroxyl groups excluding tert-OH is 3. The van der Waals surface area contributed by atoms with Crippen LogP contribution in [0.1, 0.15) is 0 Å². The zero-order valence-electron chi connectivity index (χ0n) is 19.9. The highest BCUT2D eigenvalue weighted by atomic mass is 32.2. The van der Waals surface area contributed by atoms with Crippen LogP contribution in [0, 0.1) is 0 Å². The van der Waals surface area contributed by atoms with Crippen molar-refractivity contribution in [2.45, 2.75) is 0 Å². The van der Waals surface area contributed by atoms with E-state index in [0.29, 0.717) is 26.3 Å². The fourth-order valence-corrected chi connectivity index (χ4v) is 4.26. The van der Waals surface area contributed by atoms with E-state index >= 15 is 0 Å². The highest BCUT2D eigenvalue weighted by Gasteiger charge is 2.17. The van der Waals surface area contributed by atoms with Crippen LogP contribution in [0.25, 0.3) is 0 Å². The standard InChI is InChI=1S/C8H18N2O4S.2C6H14N2O/c11-7-5-9-1-3-10(4-2-9)6-8-15(12,13)14;2*9-6-5-8-3-1-7-2-4-8/h11H,1-8H2,(H,12,13,14);2*7,9H,1-6H2. The zero-order valence-corrected chi connectivity index (χ0v) is 20.8. The summed E-state index contributed by atoms with van der Waals surface area (Å²) in [6.07, 6.45) is 0. The summed E-state index contributed by atoms with van der Waals surface area (Å²) in [5, 5.41) is 32.3. The lowest BCUT2D eigenvalue weighted by atomic mass is 10.3.